The fraction of sp³-hybridized carbons (Fsp3) is 0.941. The largest absolute Gasteiger partial charge is 0.544 e. The van der Waals surface area contributed by atoms with Gasteiger partial charge in [0.15, 0.2) is 6.10 Å². The first-order valence-electron chi connectivity index (χ1n) is 25.6. The van der Waals surface area contributed by atoms with Crippen molar-refractivity contribution in [2.75, 3.05) is 41.0 Å². The first-order valence-corrected chi connectivity index (χ1v) is 25.6. The molecular weight excluding hydrogens is 739 g/mol. The minimum Gasteiger partial charge on any atom is -0.544 e. The van der Waals surface area contributed by atoms with Crippen molar-refractivity contribution in [3.8, 4) is 0 Å². The third-order valence-corrected chi connectivity index (χ3v) is 12.0. The number of carbonyl (C=O) groups is 3. The predicted molar refractivity (Wildman–Crippen MR) is 245 cm³/mol. The summed E-state index contributed by atoms with van der Waals surface area (Å²) in [5, 5.41) is 11.6. The van der Waals surface area contributed by atoms with Gasteiger partial charge in [0.2, 0.25) is 0 Å². The minimum atomic E-state index is -1.12. The lowest BCUT2D eigenvalue weighted by atomic mass is 10.0. The van der Waals surface area contributed by atoms with E-state index in [1.54, 1.807) is 0 Å². The first kappa shape index (κ1) is 57.3. The van der Waals surface area contributed by atoms with Crippen LogP contribution in [0.4, 0.5) is 0 Å². The number of aliphatic carboxylic acids is 1. The molecule has 0 aromatic carbocycles. The molecule has 0 aromatic heterocycles. The summed E-state index contributed by atoms with van der Waals surface area (Å²) in [6.45, 7) is 4.72. The fourth-order valence-electron chi connectivity index (χ4n) is 8.02. The van der Waals surface area contributed by atoms with Gasteiger partial charge < -0.3 is 28.6 Å². The Morgan fingerprint density at radius 3 is 1.05 bits per heavy atom. The molecule has 0 spiro atoms. The second kappa shape index (κ2) is 43.0. The third-order valence-electron chi connectivity index (χ3n) is 12.0. The number of esters is 2. The summed E-state index contributed by atoms with van der Waals surface area (Å²) >= 11 is 0. The van der Waals surface area contributed by atoms with Crippen molar-refractivity contribution in [3.05, 3.63) is 0 Å². The summed E-state index contributed by atoms with van der Waals surface area (Å²) in [5.74, 6) is -1.71. The molecule has 0 bridgehead atoms. The van der Waals surface area contributed by atoms with Crippen LogP contribution in [0.5, 0.6) is 0 Å². The number of nitrogens with zero attached hydrogens (tertiary/aromatic N) is 1. The van der Waals surface area contributed by atoms with Gasteiger partial charge in [0.05, 0.1) is 40.3 Å². The Balaban J connectivity index is 4.17. The number of rotatable bonds is 47. The minimum absolute atomic E-state index is 0.0497. The van der Waals surface area contributed by atoms with Crippen LogP contribution in [-0.2, 0) is 28.6 Å². The molecule has 2 unspecified atom stereocenters. The molecule has 0 N–H and O–H groups in total. The number of carboxylic acids is 1. The highest BCUT2D eigenvalue weighted by atomic mass is 16.6. The molecule has 350 valence electrons. The molecule has 0 aliphatic carbocycles. The lowest BCUT2D eigenvalue weighted by Crippen LogP contribution is -2.55. The van der Waals surface area contributed by atoms with Gasteiger partial charge in [-0.25, -0.2) is 0 Å². The molecule has 0 amide bonds. The van der Waals surface area contributed by atoms with Gasteiger partial charge in [-0.05, 0) is 12.8 Å². The number of hydrogen-bond acceptors (Lipinski definition) is 7. The zero-order valence-corrected chi connectivity index (χ0v) is 40.0. The topological polar surface area (TPSA) is 102 Å². The lowest BCUT2D eigenvalue weighted by molar-refractivity contribution is -0.889. The fourth-order valence-corrected chi connectivity index (χ4v) is 8.02. The number of unbranched alkanes of at least 4 members (excludes halogenated alkanes) is 33. The molecule has 0 radical (unpaired) electrons. The molecule has 0 fully saturated rings. The molecule has 0 aromatic rings. The molecule has 59 heavy (non-hydrogen) atoms. The van der Waals surface area contributed by atoms with Crippen LogP contribution in [0.1, 0.15) is 258 Å². The first-order chi connectivity index (χ1) is 28.6. The highest BCUT2D eigenvalue weighted by Gasteiger charge is 2.25. The molecule has 8 heteroatoms. The van der Waals surface area contributed by atoms with Crippen molar-refractivity contribution in [1.82, 2.24) is 0 Å². The SMILES string of the molecule is CCCCCCCCCCCCCCCCCCCCCCC(=O)OCC(COCCC(C(=O)[O-])[N+](C)(C)C)OC(=O)CCCCCCCCCCCCCCCCC. The van der Waals surface area contributed by atoms with Crippen LogP contribution in [0, 0.1) is 0 Å². The molecule has 0 aliphatic heterocycles. The van der Waals surface area contributed by atoms with E-state index in [1.165, 1.54) is 186 Å². The summed E-state index contributed by atoms with van der Waals surface area (Å²) in [7, 11) is 5.43. The third kappa shape index (κ3) is 41.5. The average molecular weight is 838 g/mol. The number of hydrogen-bond donors (Lipinski definition) is 0. The molecule has 0 heterocycles. The van der Waals surface area contributed by atoms with Gasteiger partial charge in [-0.3, -0.25) is 9.59 Å². The Bertz CT molecular complexity index is 936. The van der Waals surface area contributed by atoms with Crippen molar-refractivity contribution in [2.24, 2.45) is 0 Å². The number of likely N-dealkylation sites (N-methyl/N-ethyl adjacent to an activating group) is 1. The molecule has 0 aliphatic rings. The van der Waals surface area contributed by atoms with Crippen molar-refractivity contribution >= 4 is 17.9 Å². The van der Waals surface area contributed by atoms with E-state index in [1.807, 2.05) is 21.1 Å². The summed E-state index contributed by atoms with van der Waals surface area (Å²) < 4.78 is 17.3. The molecule has 0 saturated heterocycles. The maximum atomic E-state index is 12.8. The van der Waals surface area contributed by atoms with E-state index in [2.05, 4.69) is 13.8 Å². The van der Waals surface area contributed by atoms with Crippen molar-refractivity contribution in [1.29, 1.82) is 0 Å². The van der Waals surface area contributed by atoms with Crippen molar-refractivity contribution in [2.45, 2.75) is 270 Å². The van der Waals surface area contributed by atoms with Crippen LogP contribution >= 0.6 is 0 Å². The van der Waals surface area contributed by atoms with Gasteiger partial charge in [0.25, 0.3) is 0 Å². The quantitative estimate of drug-likeness (QED) is 0.0342. The number of carbonyl (C=O) groups excluding carboxylic acids is 3. The van der Waals surface area contributed by atoms with Crippen LogP contribution < -0.4 is 5.11 Å². The monoisotopic (exact) mass is 838 g/mol. The molecule has 8 nitrogen and oxygen atoms in total. The molecular formula is C51H99NO7. The number of quaternary nitrogens is 1. The second-order valence-electron chi connectivity index (χ2n) is 18.8. The van der Waals surface area contributed by atoms with E-state index in [0.29, 0.717) is 12.8 Å². The molecule has 0 rings (SSSR count). The van der Waals surface area contributed by atoms with Crippen LogP contribution in [-0.4, -0.2) is 75.5 Å². The van der Waals surface area contributed by atoms with Crippen molar-refractivity contribution in [3.63, 3.8) is 0 Å². The highest BCUT2D eigenvalue weighted by molar-refractivity contribution is 5.70. The van der Waals surface area contributed by atoms with E-state index in [9.17, 15) is 19.5 Å². The predicted octanol–water partition coefficient (Wildman–Crippen LogP) is 13.1. The standard InChI is InChI=1S/C51H99NO7/c1-6-8-10-12-14-16-18-20-22-23-24-25-26-28-29-31-33-35-37-39-41-49(53)58-46-47(45-57-44-43-48(51(55)56)52(3,4)5)59-50(54)42-40-38-36-34-32-30-27-21-19-17-15-13-11-9-7-2/h47-48H,6-46H2,1-5H3. The smallest absolute Gasteiger partial charge is 0.306 e. The number of ether oxygens (including phenoxy) is 3. The Morgan fingerprint density at radius 2 is 0.746 bits per heavy atom. The normalized spacial score (nSPS) is 12.8. The second-order valence-corrected chi connectivity index (χ2v) is 18.8. The Hall–Kier alpha value is -1.67. The lowest BCUT2D eigenvalue weighted by Gasteiger charge is -2.34. The van der Waals surface area contributed by atoms with Crippen molar-refractivity contribution < 1.29 is 38.2 Å². The van der Waals surface area contributed by atoms with Gasteiger partial charge in [0.1, 0.15) is 12.6 Å². The Labute approximate surface area is 366 Å². The summed E-state index contributed by atoms with van der Waals surface area (Å²) in [4.78, 5) is 37.0. The summed E-state index contributed by atoms with van der Waals surface area (Å²) in [6.07, 6.45) is 45.6. The van der Waals surface area contributed by atoms with E-state index >= 15 is 0 Å². The summed E-state index contributed by atoms with van der Waals surface area (Å²) in [6, 6.07) is -0.719. The van der Waals surface area contributed by atoms with E-state index in [4.69, 9.17) is 14.2 Å². The zero-order valence-electron chi connectivity index (χ0n) is 40.0. The van der Waals surface area contributed by atoms with Crippen LogP contribution in [0.25, 0.3) is 0 Å². The Kier molecular flexibility index (Phi) is 41.8. The number of carboxylic acid groups (broad SMARTS) is 1. The Morgan fingerprint density at radius 1 is 0.441 bits per heavy atom. The maximum absolute atomic E-state index is 12.8. The van der Waals surface area contributed by atoms with E-state index in [0.717, 1.165) is 38.5 Å². The highest BCUT2D eigenvalue weighted by Crippen LogP contribution is 2.17. The zero-order chi connectivity index (χ0) is 43.5. The summed E-state index contributed by atoms with van der Waals surface area (Å²) in [5.41, 5.74) is 0. The van der Waals surface area contributed by atoms with Gasteiger partial charge in [-0.15, -0.1) is 0 Å². The van der Waals surface area contributed by atoms with Crippen LogP contribution in [0.3, 0.4) is 0 Å². The van der Waals surface area contributed by atoms with E-state index in [-0.39, 0.29) is 42.7 Å². The van der Waals surface area contributed by atoms with Gasteiger partial charge >= 0.3 is 11.9 Å². The maximum Gasteiger partial charge on any atom is 0.306 e. The molecule has 2 atom stereocenters. The van der Waals surface area contributed by atoms with Crippen LogP contribution in [0.15, 0.2) is 0 Å². The van der Waals surface area contributed by atoms with Gasteiger partial charge in [-0.2, -0.15) is 0 Å². The van der Waals surface area contributed by atoms with Gasteiger partial charge in [-0.1, -0.05) is 226 Å². The average Bonchev–Trinajstić information content (AvgIpc) is 3.19. The van der Waals surface area contributed by atoms with Crippen LogP contribution in [0.2, 0.25) is 0 Å². The van der Waals surface area contributed by atoms with Gasteiger partial charge in [0, 0.05) is 19.3 Å². The van der Waals surface area contributed by atoms with E-state index < -0.39 is 18.1 Å². The molecule has 0 saturated carbocycles.